The van der Waals surface area contributed by atoms with Gasteiger partial charge < -0.3 is 10.1 Å². The summed E-state index contributed by atoms with van der Waals surface area (Å²) in [5.41, 5.74) is 2.39. The zero-order chi connectivity index (χ0) is 19.4. The van der Waals surface area contributed by atoms with E-state index in [2.05, 4.69) is 20.4 Å². The van der Waals surface area contributed by atoms with Crippen LogP contribution in [0.4, 0.5) is 5.82 Å². The second-order valence-corrected chi connectivity index (χ2v) is 6.02. The van der Waals surface area contributed by atoms with E-state index < -0.39 is 0 Å². The highest BCUT2D eigenvalue weighted by Crippen LogP contribution is 2.14. The molecular formula is C19H19N5O3. The third kappa shape index (κ3) is 4.55. The van der Waals surface area contributed by atoms with Gasteiger partial charge in [-0.2, -0.15) is 5.10 Å². The number of carbonyl (C=O) groups excluding carboxylic acids is 2. The SMILES string of the molecule is CC(=O)c1ccc(OCC(=O)Nc2cc(-n3nc(C)cc3C)ncn2)cc1. The number of hydrogen-bond acceptors (Lipinski definition) is 6. The van der Waals surface area contributed by atoms with E-state index in [0.717, 1.165) is 11.4 Å². The van der Waals surface area contributed by atoms with Crippen LogP contribution in [0.25, 0.3) is 5.82 Å². The minimum atomic E-state index is -0.358. The number of ether oxygens (including phenoxy) is 1. The average molecular weight is 365 g/mol. The number of ketones is 1. The van der Waals surface area contributed by atoms with Gasteiger partial charge in [-0.15, -0.1) is 0 Å². The Bertz CT molecular complexity index is 979. The summed E-state index contributed by atoms with van der Waals surface area (Å²) in [7, 11) is 0. The quantitative estimate of drug-likeness (QED) is 0.674. The van der Waals surface area contributed by atoms with Crippen molar-refractivity contribution < 1.29 is 14.3 Å². The molecule has 0 atom stereocenters. The first kappa shape index (κ1) is 18.2. The number of aromatic nitrogens is 4. The standard InChI is InChI=1S/C19H19N5O3/c1-12-8-13(2)24(23-12)18-9-17(20-11-21-18)22-19(26)10-27-16-6-4-15(5-7-16)14(3)25/h4-9,11H,10H2,1-3H3,(H,20,21,22,26). The normalized spacial score (nSPS) is 10.5. The van der Waals surface area contributed by atoms with Gasteiger partial charge in [-0.05, 0) is 51.1 Å². The molecule has 2 aromatic heterocycles. The summed E-state index contributed by atoms with van der Waals surface area (Å²) in [5.74, 6) is 1.03. The van der Waals surface area contributed by atoms with E-state index in [9.17, 15) is 9.59 Å². The van der Waals surface area contributed by atoms with Gasteiger partial charge in [0.1, 0.15) is 17.9 Å². The van der Waals surface area contributed by atoms with E-state index in [4.69, 9.17) is 4.74 Å². The fourth-order valence-electron chi connectivity index (χ4n) is 2.51. The highest BCUT2D eigenvalue weighted by atomic mass is 16.5. The van der Waals surface area contributed by atoms with Crippen LogP contribution >= 0.6 is 0 Å². The van der Waals surface area contributed by atoms with Crippen LogP contribution in [0.1, 0.15) is 28.7 Å². The number of rotatable bonds is 6. The molecule has 0 aliphatic carbocycles. The Labute approximate surface area is 156 Å². The first-order valence-electron chi connectivity index (χ1n) is 8.32. The van der Waals surface area contributed by atoms with Crippen LogP contribution in [0.2, 0.25) is 0 Å². The summed E-state index contributed by atoms with van der Waals surface area (Å²) in [6, 6.07) is 10.2. The van der Waals surface area contributed by atoms with Crippen LogP contribution in [-0.2, 0) is 4.79 Å². The molecule has 0 saturated heterocycles. The Morgan fingerprint density at radius 1 is 1.11 bits per heavy atom. The number of amides is 1. The van der Waals surface area contributed by atoms with Crippen molar-refractivity contribution >= 4 is 17.5 Å². The Kier molecular flexibility index (Phi) is 5.25. The van der Waals surface area contributed by atoms with Gasteiger partial charge >= 0.3 is 0 Å². The zero-order valence-corrected chi connectivity index (χ0v) is 15.3. The molecular weight excluding hydrogens is 346 g/mol. The second kappa shape index (κ2) is 7.77. The van der Waals surface area contributed by atoms with Gasteiger partial charge in [0, 0.05) is 17.3 Å². The Morgan fingerprint density at radius 2 is 1.85 bits per heavy atom. The Hall–Kier alpha value is -3.55. The fraction of sp³-hybridized carbons (Fsp3) is 0.211. The molecule has 2 heterocycles. The summed E-state index contributed by atoms with van der Waals surface area (Å²) in [6.07, 6.45) is 1.36. The predicted octanol–water partition coefficient (Wildman–Crippen LogP) is 2.50. The molecule has 27 heavy (non-hydrogen) atoms. The molecule has 0 aliphatic heterocycles. The van der Waals surface area contributed by atoms with Gasteiger partial charge in [0.2, 0.25) is 0 Å². The molecule has 0 aliphatic rings. The van der Waals surface area contributed by atoms with Crippen molar-refractivity contribution in [2.45, 2.75) is 20.8 Å². The number of carbonyl (C=O) groups is 2. The van der Waals surface area contributed by atoms with Crippen LogP contribution in [0.15, 0.2) is 42.7 Å². The largest absolute Gasteiger partial charge is 0.484 e. The molecule has 8 nitrogen and oxygen atoms in total. The van der Waals surface area contributed by atoms with Crippen LogP contribution in [-0.4, -0.2) is 38.0 Å². The molecule has 0 bridgehead atoms. The first-order chi connectivity index (χ1) is 12.9. The Morgan fingerprint density at radius 3 is 2.48 bits per heavy atom. The van der Waals surface area contributed by atoms with Crippen molar-refractivity contribution in [2.75, 3.05) is 11.9 Å². The van der Waals surface area contributed by atoms with Crippen molar-refractivity contribution in [3.05, 3.63) is 59.7 Å². The Balaban J connectivity index is 1.62. The maximum atomic E-state index is 12.1. The lowest BCUT2D eigenvalue weighted by Gasteiger charge is -2.08. The maximum Gasteiger partial charge on any atom is 0.263 e. The minimum Gasteiger partial charge on any atom is -0.484 e. The predicted molar refractivity (Wildman–Crippen MR) is 99.2 cm³/mol. The summed E-state index contributed by atoms with van der Waals surface area (Å²) < 4.78 is 7.11. The smallest absolute Gasteiger partial charge is 0.263 e. The number of aryl methyl sites for hydroxylation is 2. The monoisotopic (exact) mass is 365 g/mol. The molecule has 1 aromatic carbocycles. The highest BCUT2D eigenvalue weighted by molar-refractivity contribution is 5.94. The summed E-state index contributed by atoms with van der Waals surface area (Å²) in [4.78, 5) is 31.6. The van der Waals surface area contributed by atoms with Crippen molar-refractivity contribution in [2.24, 2.45) is 0 Å². The molecule has 8 heteroatoms. The molecule has 3 rings (SSSR count). The summed E-state index contributed by atoms with van der Waals surface area (Å²) >= 11 is 0. The maximum absolute atomic E-state index is 12.1. The van der Waals surface area contributed by atoms with E-state index in [1.165, 1.54) is 13.3 Å². The molecule has 0 fully saturated rings. The van der Waals surface area contributed by atoms with Crippen molar-refractivity contribution in [1.82, 2.24) is 19.7 Å². The highest BCUT2D eigenvalue weighted by Gasteiger charge is 2.09. The number of benzene rings is 1. The van der Waals surface area contributed by atoms with E-state index in [1.54, 1.807) is 35.0 Å². The molecule has 3 aromatic rings. The van der Waals surface area contributed by atoms with E-state index in [-0.39, 0.29) is 18.3 Å². The van der Waals surface area contributed by atoms with E-state index in [0.29, 0.717) is 22.9 Å². The summed E-state index contributed by atoms with van der Waals surface area (Å²) in [5, 5.41) is 7.03. The fourth-order valence-corrected chi connectivity index (χ4v) is 2.51. The van der Waals surface area contributed by atoms with Gasteiger partial charge in [0.05, 0.1) is 5.69 Å². The van der Waals surface area contributed by atoms with Crippen molar-refractivity contribution in [1.29, 1.82) is 0 Å². The second-order valence-electron chi connectivity index (χ2n) is 6.02. The third-order valence-corrected chi connectivity index (χ3v) is 3.78. The first-order valence-corrected chi connectivity index (χ1v) is 8.32. The van der Waals surface area contributed by atoms with Crippen LogP contribution < -0.4 is 10.1 Å². The third-order valence-electron chi connectivity index (χ3n) is 3.78. The summed E-state index contributed by atoms with van der Waals surface area (Å²) in [6.45, 7) is 5.13. The lowest BCUT2D eigenvalue weighted by Crippen LogP contribution is -2.21. The minimum absolute atomic E-state index is 0.0264. The number of nitrogens with one attached hydrogen (secondary N) is 1. The number of anilines is 1. The van der Waals surface area contributed by atoms with Crippen LogP contribution in [0.5, 0.6) is 5.75 Å². The topological polar surface area (TPSA) is 99.0 Å². The van der Waals surface area contributed by atoms with Gasteiger partial charge in [0.15, 0.2) is 18.2 Å². The number of hydrogen-bond donors (Lipinski definition) is 1. The molecule has 0 radical (unpaired) electrons. The average Bonchev–Trinajstić information content (AvgIpc) is 2.99. The number of Topliss-reactive ketones (excluding diaryl/α,β-unsaturated/α-hetero) is 1. The van der Waals surface area contributed by atoms with Crippen molar-refractivity contribution in [3.8, 4) is 11.6 Å². The lowest BCUT2D eigenvalue weighted by molar-refractivity contribution is -0.118. The van der Waals surface area contributed by atoms with Crippen LogP contribution in [0.3, 0.4) is 0 Å². The van der Waals surface area contributed by atoms with Gasteiger partial charge in [-0.3, -0.25) is 9.59 Å². The van der Waals surface area contributed by atoms with E-state index in [1.807, 2.05) is 19.9 Å². The zero-order valence-electron chi connectivity index (χ0n) is 15.3. The molecule has 0 spiro atoms. The van der Waals surface area contributed by atoms with Gasteiger partial charge in [-0.1, -0.05) is 0 Å². The molecule has 1 N–H and O–H groups in total. The molecule has 1 amide bonds. The molecule has 0 unspecified atom stereocenters. The number of nitrogens with zero attached hydrogens (tertiary/aromatic N) is 4. The van der Waals surface area contributed by atoms with Gasteiger partial charge in [-0.25, -0.2) is 14.6 Å². The lowest BCUT2D eigenvalue weighted by atomic mass is 10.1. The van der Waals surface area contributed by atoms with Gasteiger partial charge in [0.25, 0.3) is 5.91 Å². The van der Waals surface area contributed by atoms with E-state index >= 15 is 0 Å². The van der Waals surface area contributed by atoms with Crippen molar-refractivity contribution in [3.63, 3.8) is 0 Å². The molecule has 0 saturated carbocycles. The molecule has 138 valence electrons. The van der Waals surface area contributed by atoms with Crippen LogP contribution in [0, 0.1) is 13.8 Å².